The Morgan fingerprint density at radius 1 is 1.16 bits per heavy atom. The molecule has 3 saturated carbocycles. The summed E-state index contributed by atoms with van der Waals surface area (Å²) < 4.78 is 26.0. The van der Waals surface area contributed by atoms with Crippen LogP contribution in [-0.4, -0.2) is 54.3 Å². The number of sulfone groups is 1. The molecule has 0 spiro atoms. The molecule has 32 heavy (non-hydrogen) atoms. The van der Waals surface area contributed by atoms with Gasteiger partial charge in [0.2, 0.25) is 11.8 Å². The van der Waals surface area contributed by atoms with Gasteiger partial charge in [0.1, 0.15) is 11.6 Å². The van der Waals surface area contributed by atoms with Gasteiger partial charge in [0.05, 0.1) is 22.5 Å². The van der Waals surface area contributed by atoms with Crippen LogP contribution in [0.2, 0.25) is 5.02 Å². The van der Waals surface area contributed by atoms with E-state index in [4.69, 9.17) is 11.6 Å². The van der Waals surface area contributed by atoms with Crippen LogP contribution >= 0.6 is 11.6 Å². The van der Waals surface area contributed by atoms with Gasteiger partial charge in [0, 0.05) is 11.6 Å². The van der Waals surface area contributed by atoms with Gasteiger partial charge in [-0.25, -0.2) is 8.42 Å². The van der Waals surface area contributed by atoms with E-state index in [9.17, 15) is 23.3 Å². The maximum atomic E-state index is 13.7. The smallest absolute Gasteiger partial charge is 0.244 e. The maximum Gasteiger partial charge on any atom is 0.244 e. The minimum atomic E-state index is -3.41. The van der Waals surface area contributed by atoms with Crippen LogP contribution in [0.25, 0.3) is 0 Å². The van der Waals surface area contributed by atoms with E-state index in [1.165, 1.54) is 4.90 Å². The number of hydrogen-bond acceptors (Lipinski definition) is 5. The van der Waals surface area contributed by atoms with Crippen LogP contribution in [0.3, 0.4) is 0 Å². The molecule has 170 valence electrons. The molecule has 1 aromatic carbocycles. The molecule has 9 heteroatoms. The number of benzene rings is 1. The molecule has 1 N–H and O–H groups in total. The van der Waals surface area contributed by atoms with E-state index in [-0.39, 0.29) is 30.5 Å². The van der Waals surface area contributed by atoms with Crippen molar-refractivity contribution in [1.82, 2.24) is 10.2 Å². The van der Waals surface area contributed by atoms with Crippen LogP contribution < -0.4 is 5.32 Å². The molecule has 7 nitrogen and oxygen atoms in total. The summed E-state index contributed by atoms with van der Waals surface area (Å²) in [5.41, 5.74) is -0.763. The maximum absolute atomic E-state index is 13.7. The lowest BCUT2D eigenvalue weighted by molar-refractivity contribution is -0.140. The van der Waals surface area contributed by atoms with Gasteiger partial charge < -0.3 is 10.2 Å². The average molecular weight is 476 g/mol. The van der Waals surface area contributed by atoms with Crippen LogP contribution in [-0.2, 0) is 24.8 Å². The molecule has 1 aromatic rings. The SMILES string of the molecule is N#CC1(NC(=O)C2CC(S(=O)(=O)CC3CC3)CN2C(=O)C2(c3ccc(Cl)cc3)CC2)CC1. The fourth-order valence-corrected chi connectivity index (χ4v) is 7.04. The Morgan fingerprint density at radius 3 is 2.34 bits per heavy atom. The summed E-state index contributed by atoms with van der Waals surface area (Å²) in [6, 6.07) is 8.39. The highest BCUT2D eigenvalue weighted by Crippen LogP contribution is 2.51. The van der Waals surface area contributed by atoms with Crippen molar-refractivity contribution in [3.05, 3.63) is 34.9 Å². The lowest BCUT2D eigenvalue weighted by Crippen LogP contribution is -2.51. The zero-order chi connectivity index (χ0) is 22.7. The number of nitrogens with zero attached hydrogens (tertiary/aromatic N) is 2. The molecule has 1 saturated heterocycles. The molecular formula is C23H26ClN3O4S. The number of nitrogens with one attached hydrogen (secondary N) is 1. The number of carbonyl (C=O) groups is 2. The van der Waals surface area contributed by atoms with Crippen molar-refractivity contribution in [1.29, 1.82) is 5.26 Å². The molecule has 2 unspecified atom stereocenters. The van der Waals surface area contributed by atoms with Crippen LogP contribution in [0.4, 0.5) is 0 Å². The predicted molar refractivity (Wildman–Crippen MR) is 119 cm³/mol. The molecule has 0 bridgehead atoms. The Labute approximate surface area is 193 Å². The number of amides is 2. The normalized spacial score (nSPS) is 27.4. The highest BCUT2D eigenvalue weighted by molar-refractivity contribution is 7.92. The highest BCUT2D eigenvalue weighted by atomic mass is 35.5. The van der Waals surface area contributed by atoms with Crippen LogP contribution in [0.5, 0.6) is 0 Å². The van der Waals surface area contributed by atoms with Gasteiger partial charge in [-0.2, -0.15) is 5.26 Å². The third kappa shape index (κ3) is 3.90. The second-order valence-corrected chi connectivity index (χ2v) is 12.6. The van der Waals surface area contributed by atoms with E-state index in [2.05, 4.69) is 11.4 Å². The van der Waals surface area contributed by atoms with E-state index >= 15 is 0 Å². The topological polar surface area (TPSA) is 107 Å². The molecular weight excluding hydrogens is 450 g/mol. The van der Waals surface area contributed by atoms with Gasteiger partial charge in [0.25, 0.3) is 0 Å². The summed E-state index contributed by atoms with van der Waals surface area (Å²) in [5.74, 6) is -0.299. The molecule has 4 aliphatic rings. The fraction of sp³-hybridized carbons (Fsp3) is 0.609. The fourth-order valence-electron chi connectivity index (χ4n) is 4.78. The van der Waals surface area contributed by atoms with E-state index < -0.39 is 38.0 Å². The van der Waals surface area contributed by atoms with Crippen LogP contribution in [0.1, 0.15) is 50.5 Å². The Bertz CT molecular complexity index is 1100. The van der Waals surface area contributed by atoms with Gasteiger partial charge in [-0.05, 0) is 68.6 Å². The Morgan fingerprint density at radius 2 is 1.81 bits per heavy atom. The zero-order valence-electron chi connectivity index (χ0n) is 17.7. The number of likely N-dealkylation sites (tertiary alicyclic amines) is 1. The highest BCUT2D eigenvalue weighted by Gasteiger charge is 2.58. The Kier molecular flexibility index (Phi) is 5.06. The van der Waals surface area contributed by atoms with Gasteiger partial charge >= 0.3 is 0 Å². The molecule has 0 radical (unpaired) electrons. The quantitative estimate of drug-likeness (QED) is 0.651. The first-order valence-electron chi connectivity index (χ1n) is 11.2. The average Bonchev–Trinajstić information content (AvgIpc) is 3.67. The summed E-state index contributed by atoms with van der Waals surface area (Å²) >= 11 is 6.01. The van der Waals surface area contributed by atoms with Gasteiger partial charge in [0.15, 0.2) is 9.84 Å². The molecule has 4 fully saturated rings. The molecule has 2 amide bonds. The van der Waals surface area contributed by atoms with Gasteiger partial charge in [-0.1, -0.05) is 23.7 Å². The first kappa shape index (κ1) is 21.7. The number of carbonyl (C=O) groups excluding carboxylic acids is 2. The van der Waals surface area contributed by atoms with Gasteiger partial charge in [-0.15, -0.1) is 0 Å². The molecule has 5 rings (SSSR count). The summed E-state index contributed by atoms with van der Waals surface area (Å²) in [4.78, 5) is 28.4. The lowest BCUT2D eigenvalue weighted by Gasteiger charge is -2.29. The predicted octanol–water partition coefficient (Wildman–Crippen LogP) is 2.34. The molecule has 1 heterocycles. The minimum Gasteiger partial charge on any atom is -0.336 e. The number of rotatable bonds is 7. The van der Waals surface area contributed by atoms with Crippen LogP contribution in [0, 0.1) is 17.2 Å². The van der Waals surface area contributed by atoms with E-state index in [0.717, 1.165) is 18.4 Å². The van der Waals surface area contributed by atoms with Crippen molar-refractivity contribution in [3.8, 4) is 6.07 Å². The van der Waals surface area contributed by atoms with Crippen molar-refractivity contribution in [2.24, 2.45) is 5.92 Å². The van der Waals surface area contributed by atoms with Crippen molar-refractivity contribution in [2.45, 2.75) is 67.2 Å². The molecule has 3 aliphatic carbocycles. The van der Waals surface area contributed by atoms with Crippen molar-refractivity contribution in [3.63, 3.8) is 0 Å². The van der Waals surface area contributed by atoms with E-state index in [1.807, 2.05) is 12.1 Å². The number of halogens is 1. The number of hydrogen-bond donors (Lipinski definition) is 1. The first-order valence-corrected chi connectivity index (χ1v) is 13.3. The first-order chi connectivity index (χ1) is 15.2. The number of nitriles is 1. The summed E-state index contributed by atoms with van der Waals surface area (Å²) in [7, 11) is -3.41. The Hall–Kier alpha value is -2.11. The second-order valence-electron chi connectivity index (χ2n) is 9.88. The Balaban J connectivity index is 1.42. The lowest BCUT2D eigenvalue weighted by atomic mass is 9.94. The van der Waals surface area contributed by atoms with Crippen molar-refractivity contribution in [2.75, 3.05) is 12.3 Å². The standard InChI is InChI=1S/C23H26ClN3O4S/c24-17-5-3-16(4-6-17)23(9-10-23)21(29)27-12-18(32(30,31)13-15-1-2-15)11-19(27)20(28)26-22(14-25)7-8-22/h3-6,15,18-19H,1-2,7-13H2,(H,26,28). The van der Waals surface area contributed by atoms with E-state index in [0.29, 0.717) is 30.7 Å². The zero-order valence-corrected chi connectivity index (χ0v) is 19.3. The molecule has 1 aliphatic heterocycles. The minimum absolute atomic E-state index is 0.0286. The third-order valence-electron chi connectivity index (χ3n) is 7.38. The largest absolute Gasteiger partial charge is 0.336 e. The molecule has 0 aromatic heterocycles. The van der Waals surface area contributed by atoms with Crippen LogP contribution in [0.15, 0.2) is 24.3 Å². The van der Waals surface area contributed by atoms with Crippen molar-refractivity contribution < 1.29 is 18.0 Å². The summed E-state index contributed by atoms with van der Waals surface area (Å²) in [6.45, 7) is 0.0286. The monoisotopic (exact) mass is 475 g/mol. The summed E-state index contributed by atoms with van der Waals surface area (Å²) in [5, 5.41) is 12.0. The van der Waals surface area contributed by atoms with Crippen molar-refractivity contribution >= 4 is 33.3 Å². The molecule has 2 atom stereocenters. The second kappa shape index (κ2) is 7.46. The van der Waals surface area contributed by atoms with Gasteiger partial charge in [-0.3, -0.25) is 9.59 Å². The van der Waals surface area contributed by atoms with E-state index in [1.54, 1.807) is 12.1 Å². The summed E-state index contributed by atoms with van der Waals surface area (Å²) in [6.07, 6.45) is 4.39. The third-order valence-corrected chi connectivity index (χ3v) is 9.93.